The molecule has 0 radical (unpaired) electrons. The van der Waals surface area contributed by atoms with E-state index in [-0.39, 0.29) is 12.3 Å². The van der Waals surface area contributed by atoms with E-state index in [9.17, 15) is 9.90 Å². The molecular formula is C29H29N3O2. The van der Waals surface area contributed by atoms with Gasteiger partial charge in [0.15, 0.2) is 5.82 Å². The van der Waals surface area contributed by atoms with Gasteiger partial charge < -0.3 is 10.4 Å². The number of anilines is 1. The fraction of sp³-hybridized carbons (Fsp3) is 0.207. The van der Waals surface area contributed by atoms with Gasteiger partial charge in [-0.15, -0.1) is 10.2 Å². The van der Waals surface area contributed by atoms with Gasteiger partial charge in [-0.1, -0.05) is 112 Å². The first kappa shape index (κ1) is 23.3. The van der Waals surface area contributed by atoms with Gasteiger partial charge in [0.05, 0.1) is 5.69 Å². The van der Waals surface area contributed by atoms with Crippen LogP contribution < -0.4 is 5.32 Å². The Morgan fingerprint density at radius 1 is 0.794 bits per heavy atom. The summed E-state index contributed by atoms with van der Waals surface area (Å²) in [6.07, 6.45) is 0.205. The largest absolute Gasteiger partial charge is 0.380 e. The number of benzene rings is 3. The molecule has 0 saturated carbocycles. The molecule has 0 unspecified atom stereocenters. The van der Waals surface area contributed by atoms with Gasteiger partial charge in [0.2, 0.25) is 5.91 Å². The predicted octanol–water partition coefficient (Wildman–Crippen LogP) is 5.61. The van der Waals surface area contributed by atoms with Crippen molar-refractivity contribution in [3.05, 3.63) is 114 Å². The van der Waals surface area contributed by atoms with E-state index in [2.05, 4.69) is 15.5 Å². The molecule has 4 aromatic rings. The zero-order chi connectivity index (χ0) is 24.2. The molecule has 0 saturated heterocycles. The summed E-state index contributed by atoms with van der Waals surface area (Å²) in [5.41, 5.74) is 1.86. The van der Waals surface area contributed by atoms with Crippen LogP contribution in [0.3, 0.4) is 0 Å². The SMILES string of the molecule is CC(C)(C)C(=O)Nc1nnc(-c2ccccc2)cc1CC(O)(c1ccccc1)c1ccccc1. The van der Waals surface area contributed by atoms with Crippen LogP contribution in [0.2, 0.25) is 0 Å². The maximum Gasteiger partial charge on any atom is 0.230 e. The molecule has 3 aromatic carbocycles. The minimum Gasteiger partial charge on any atom is -0.380 e. The van der Waals surface area contributed by atoms with Gasteiger partial charge in [-0.05, 0) is 17.2 Å². The maximum atomic E-state index is 12.8. The molecule has 0 aliphatic heterocycles. The first-order valence-electron chi connectivity index (χ1n) is 11.3. The van der Waals surface area contributed by atoms with Crippen molar-refractivity contribution in [2.75, 3.05) is 5.32 Å². The van der Waals surface area contributed by atoms with Gasteiger partial charge in [0.1, 0.15) is 5.60 Å². The van der Waals surface area contributed by atoms with Gasteiger partial charge in [-0.3, -0.25) is 4.79 Å². The molecule has 1 amide bonds. The van der Waals surface area contributed by atoms with E-state index in [1.807, 2.05) is 118 Å². The number of amides is 1. The average molecular weight is 452 g/mol. The highest BCUT2D eigenvalue weighted by Gasteiger charge is 2.34. The lowest BCUT2D eigenvalue weighted by atomic mass is 9.81. The molecule has 5 nitrogen and oxygen atoms in total. The van der Waals surface area contributed by atoms with Crippen LogP contribution in [-0.4, -0.2) is 21.2 Å². The Morgan fingerprint density at radius 2 is 1.29 bits per heavy atom. The number of nitrogens with one attached hydrogen (secondary N) is 1. The summed E-state index contributed by atoms with van der Waals surface area (Å²) in [7, 11) is 0. The summed E-state index contributed by atoms with van der Waals surface area (Å²) < 4.78 is 0. The topological polar surface area (TPSA) is 75.1 Å². The van der Waals surface area contributed by atoms with Crippen molar-refractivity contribution in [1.82, 2.24) is 10.2 Å². The third-order valence-electron chi connectivity index (χ3n) is 5.80. The Bertz CT molecular complexity index is 1210. The monoisotopic (exact) mass is 451 g/mol. The van der Waals surface area contributed by atoms with Crippen molar-refractivity contribution in [3.8, 4) is 11.3 Å². The standard InChI is InChI=1S/C29H29N3O2/c1-28(2,3)27(33)30-26-22(19-25(31-32-26)21-13-7-4-8-14-21)20-29(34,23-15-9-5-10-16-23)24-17-11-6-12-18-24/h4-19,34H,20H2,1-3H3,(H,30,32,33). The lowest BCUT2D eigenvalue weighted by molar-refractivity contribution is -0.123. The zero-order valence-electron chi connectivity index (χ0n) is 19.7. The fourth-order valence-electron chi connectivity index (χ4n) is 3.79. The third kappa shape index (κ3) is 5.05. The van der Waals surface area contributed by atoms with Crippen LogP contribution in [0.1, 0.15) is 37.5 Å². The Kier molecular flexibility index (Phi) is 6.57. The molecule has 2 N–H and O–H groups in total. The second-order valence-corrected chi connectivity index (χ2v) is 9.44. The van der Waals surface area contributed by atoms with Crippen LogP contribution >= 0.6 is 0 Å². The first-order valence-corrected chi connectivity index (χ1v) is 11.3. The van der Waals surface area contributed by atoms with E-state index >= 15 is 0 Å². The summed E-state index contributed by atoms with van der Waals surface area (Å²) >= 11 is 0. The summed E-state index contributed by atoms with van der Waals surface area (Å²) in [5, 5.41) is 23.8. The van der Waals surface area contributed by atoms with Crippen LogP contribution in [0.4, 0.5) is 5.82 Å². The number of rotatable bonds is 6. The highest BCUT2D eigenvalue weighted by Crippen LogP contribution is 2.36. The Labute approximate surface area is 200 Å². The fourth-order valence-corrected chi connectivity index (χ4v) is 3.79. The number of aromatic nitrogens is 2. The minimum atomic E-state index is -1.33. The van der Waals surface area contributed by atoms with Gasteiger partial charge in [0.25, 0.3) is 0 Å². The molecule has 34 heavy (non-hydrogen) atoms. The number of carbonyl (C=O) groups excluding carboxylic acids is 1. The van der Waals surface area contributed by atoms with Crippen LogP contribution in [-0.2, 0) is 16.8 Å². The molecular weight excluding hydrogens is 422 g/mol. The van der Waals surface area contributed by atoms with Crippen molar-refractivity contribution in [2.45, 2.75) is 32.8 Å². The molecule has 0 aliphatic carbocycles. The molecule has 0 fully saturated rings. The van der Waals surface area contributed by atoms with Crippen LogP contribution in [0, 0.1) is 5.41 Å². The Balaban J connectivity index is 1.84. The van der Waals surface area contributed by atoms with Crippen molar-refractivity contribution in [3.63, 3.8) is 0 Å². The molecule has 4 rings (SSSR count). The van der Waals surface area contributed by atoms with E-state index in [0.717, 1.165) is 16.7 Å². The second-order valence-electron chi connectivity index (χ2n) is 9.44. The average Bonchev–Trinajstić information content (AvgIpc) is 2.86. The molecule has 0 aliphatic rings. The number of nitrogens with zero attached hydrogens (tertiary/aromatic N) is 2. The zero-order valence-corrected chi connectivity index (χ0v) is 19.7. The number of hydrogen-bond donors (Lipinski definition) is 2. The third-order valence-corrected chi connectivity index (χ3v) is 5.80. The molecule has 5 heteroatoms. The van der Waals surface area contributed by atoms with Crippen molar-refractivity contribution in [2.24, 2.45) is 5.41 Å². The van der Waals surface area contributed by atoms with Gasteiger partial charge in [-0.2, -0.15) is 0 Å². The second kappa shape index (κ2) is 9.57. The Morgan fingerprint density at radius 3 is 1.79 bits per heavy atom. The summed E-state index contributed by atoms with van der Waals surface area (Å²) in [4.78, 5) is 12.8. The minimum absolute atomic E-state index is 0.168. The number of hydrogen-bond acceptors (Lipinski definition) is 4. The van der Waals surface area contributed by atoms with Gasteiger partial charge >= 0.3 is 0 Å². The molecule has 1 heterocycles. The van der Waals surface area contributed by atoms with E-state index in [1.165, 1.54) is 0 Å². The first-order chi connectivity index (χ1) is 16.3. The van der Waals surface area contributed by atoms with Gasteiger partial charge in [0, 0.05) is 23.0 Å². The lowest BCUT2D eigenvalue weighted by Gasteiger charge is -2.30. The van der Waals surface area contributed by atoms with Crippen LogP contribution in [0.15, 0.2) is 97.1 Å². The molecule has 0 spiro atoms. The summed E-state index contributed by atoms with van der Waals surface area (Å²) in [6.45, 7) is 5.54. The highest BCUT2D eigenvalue weighted by atomic mass is 16.3. The van der Waals surface area contributed by atoms with Crippen molar-refractivity contribution in [1.29, 1.82) is 0 Å². The lowest BCUT2D eigenvalue weighted by Crippen LogP contribution is -2.32. The van der Waals surface area contributed by atoms with Crippen LogP contribution in [0.5, 0.6) is 0 Å². The molecule has 0 bridgehead atoms. The number of aliphatic hydroxyl groups is 1. The number of carbonyl (C=O) groups is 1. The summed E-state index contributed by atoms with van der Waals surface area (Å²) in [6, 6.07) is 30.8. The predicted molar refractivity (Wildman–Crippen MR) is 135 cm³/mol. The molecule has 1 aromatic heterocycles. The smallest absolute Gasteiger partial charge is 0.230 e. The van der Waals surface area contributed by atoms with E-state index < -0.39 is 11.0 Å². The Hall–Kier alpha value is -3.83. The van der Waals surface area contributed by atoms with Crippen molar-refractivity contribution >= 4 is 11.7 Å². The molecule has 0 atom stereocenters. The molecule has 172 valence electrons. The van der Waals surface area contributed by atoms with Crippen molar-refractivity contribution < 1.29 is 9.90 Å². The van der Waals surface area contributed by atoms with E-state index in [1.54, 1.807) is 0 Å². The van der Waals surface area contributed by atoms with E-state index in [4.69, 9.17) is 0 Å². The van der Waals surface area contributed by atoms with E-state index in [0.29, 0.717) is 17.1 Å². The van der Waals surface area contributed by atoms with Crippen LogP contribution in [0.25, 0.3) is 11.3 Å². The maximum absolute atomic E-state index is 12.8. The summed E-state index contributed by atoms with van der Waals surface area (Å²) in [5.74, 6) is 0.184. The quantitative estimate of drug-likeness (QED) is 0.400. The van der Waals surface area contributed by atoms with Gasteiger partial charge in [-0.25, -0.2) is 0 Å². The highest BCUT2D eigenvalue weighted by molar-refractivity contribution is 5.94. The normalized spacial score (nSPS) is 11.8.